The fourth-order valence-corrected chi connectivity index (χ4v) is 1.29. The van der Waals surface area contributed by atoms with Gasteiger partial charge in [-0.15, -0.1) is 0 Å². The Bertz CT molecular complexity index is 335. The van der Waals surface area contributed by atoms with Gasteiger partial charge in [0.2, 0.25) is 5.91 Å². The van der Waals surface area contributed by atoms with E-state index < -0.39 is 6.04 Å². The largest absolute Gasteiger partial charge is 0.347 e. The van der Waals surface area contributed by atoms with Crippen LogP contribution in [0.3, 0.4) is 0 Å². The molecule has 0 unspecified atom stereocenters. The van der Waals surface area contributed by atoms with Gasteiger partial charge in [-0.2, -0.15) is 0 Å². The quantitative estimate of drug-likeness (QED) is 0.801. The van der Waals surface area contributed by atoms with Crippen molar-refractivity contribution in [1.29, 1.82) is 0 Å². The summed E-state index contributed by atoms with van der Waals surface area (Å²) in [5.74, 6) is -0.411. The second kappa shape index (κ2) is 4.89. The van der Waals surface area contributed by atoms with Gasteiger partial charge in [-0.1, -0.05) is 12.1 Å². The van der Waals surface area contributed by atoms with E-state index in [0.29, 0.717) is 6.42 Å². The molecular weight excluding hydrogens is 195 g/mol. The van der Waals surface area contributed by atoms with Crippen molar-refractivity contribution in [3.8, 4) is 0 Å². The molecule has 82 valence electrons. The Balaban J connectivity index is 2.62. The molecule has 15 heavy (non-hydrogen) atoms. The molecule has 0 spiro atoms. The summed E-state index contributed by atoms with van der Waals surface area (Å²) in [6, 6.07) is 5.44. The average molecular weight is 210 g/mol. The number of hydrogen-bond acceptors (Lipinski definition) is 2. The molecule has 3 nitrogen and oxygen atoms in total. The van der Waals surface area contributed by atoms with Gasteiger partial charge < -0.3 is 10.6 Å². The van der Waals surface area contributed by atoms with Crippen molar-refractivity contribution in [3.63, 3.8) is 0 Å². The third-order valence-electron chi connectivity index (χ3n) is 2.13. The molecule has 1 rings (SSSR count). The van der Waals surface area contributed by atoms with Gasteiger partial charge in [-0.25, -0.2) is 4.39 Å². The number of amides is 1. The Morgan fingerprint density at radius 2 is 1.93 bits per heavy atom. The third kappa shape index (κ3) is 3.32. The Kier molecular flexibility index (Phi) is 3.80. The summed E-state index contributed by atoms with van der Waals surface area (Å²) in [6.07, 6.45) is 0.428. The maximum atomic E-state index is 12.6. The van der Waals surface area contributed by atoms with Crippen LogP contribution in [0.25, 0.3) is 0 Å². The van der Waals surface area contributed by atoms with Crippen LogP contribution in [0.5, 0.6) is 0 Å². The van der Waals surface area contributed by atoms with Crippen molar-refractivity contribution in [1.82, 2.24) is 4.90 Å². The predicted octanol–water partition coefficient (Wildman–Crippen LogP) is 0.784. The highest BCUT2D eigenvalue weighted by atomic mass is 19.1. The number of nitrogens with zero attached hydrogens (tertiary/aromatic N) is 1. The minimum Gasteiger partial charge on any atom is -0.347 e. The summed E-state index contributed by atoms with van der Waals surface area (Å²) in [7, 11) is 3.32. The second-order valence-electron chi connectivity index (χ2n) is 3.67. The Morgan fingerprint density at radius 3 is 2.40 bits per heavy atom. The number of benzene rings is 1. The Hall–Kier alpha value is -1.42. The normalized spacial score (nSPS) is 12.3. The van der Waals surface area contributed by atoms with Crippen LogP contribution >= 0.6 is 0 Å². The molecule has 4 heteroatoms. The van der Waals surface area contributed by atoms with Gasteiger partial charge in [-0.05, 0) is 24.1 Å². The number of carbonyl (C=O) groups is 1. The molecule has 0 saturated carbocycles. The summed E-state index contributed by atoms with van der Waals surface area (Å²) in [4.78, 5) is 12.9. The highest BCUT2D eigenvalue weighted by Gasteiger charge is 2.15. The molecule has 0 bridgehead atoms. The van der Waals surface area contributed by atoms with Crippen molar-refractivity contribution in [3.05, 3.63) is 35.6 Å². The number of halogens is 1. The molecule has 2 N–H and O–H groups in total. The molecule has 0 radical (unpaired) electrons. The van der Waals surface area contributed by atoms with Crippen molar-refractivity contribution in [2.45, 2.75) is 12.5 Å². The molecule has 0 heterocycles. The lowest BCUT2D eigenvalue weighted by atomic mass is 10.1. The molecule has 0 aliphatic rings. The van der Waals surface area contributed by atoms with Crippen molar-refractivity contribution in [2.24, 2.45) is 5.73 Å². The highest BCUT2D eigenvalue weighted by Crippen LogP contribution is 2.05. The van der Waals surface area contributed by atoms with Crippen LogP contribution in [0.15, 0.2) is 24.3 Å². The fraction of sp³-hybridized carbons (Fsp3) is 0.364. The van der Waals surface area contributed by atoms with Gasteiger partial charge in [-0.3, -0.25) is 4.79 Å². The van der Waals surface area contributed by atoms with Gasteiger partial charge >= 0.3 is 0 Å². The summed E-state index contributed by atoms with van der Waals surface area (Å²) >= 11 is 0. The summed E-state index contributed by atoms with van der Waals surface area (Å²) in [6.45, 7) is 0. The molecule has 0 fully saturated rings. The van der Waals surface area contributed by atoms with Gasteiger partial charge in [0.1, 0.15) is 5.82 Å². The van der Waals surface area contributed by atoms with Crippen LogP contribution in [0.2, 0.25) is 0 Å². The lowest BCUT2D eigenvalue weighted by Crippen LogP contribution is -2.41. The lowest BCUT2D eigenvalue weighted by molar-refractivity contribution is -0.130. The minimum atomic E-state index is -0.564. The molecule has 0 aliphatic heterocycles. The number of nitrogens with two attached hydrogens (primary N) is 1. The monoisotopic (exact) mass is 210 g/mol. The first kappa shape index (κ1) is 11.7. The van der Waals surface area contributed by atoms with Gasteiger partial charge in [0.15, 0.2) is 0 Å². The standard InChI is InChI=1S/C11H15FN2O/c1-14(2)11(15)10(13)7-8-3-5-9(12)6-4-8/h3-6,10H,7,13H2,1-2H3/t10-/m0/s1. The fourth-order valence-electron chi connectivity index (χ4n) is 1.29. The zero-order valence-corrected chi connectivity index (χ0v) is 8.90. The molecule has 1 atom stereocenters. The topological polar surface area (TPSA) is 46.3 Å². The van der Waals surface area contributed by atoms with Gasteiger partial charge in [0.25, 0.3) is 0 Å². The second-order valence-corrected chi connectivity index (χ2v) is 3.67. The van der Waals surface area contributed by atoms with E-state index in [1.807, 2.05) is 0 Å². The summed E-state index contributed by atoms with van der Waals surface area (Å²) in [5, 5.41) is 0. The van der Waals surface area contributed by atoms with Crippen LogP contribution in [0.4, 0.5) is 4.39 Å². The molecule has 0 aromatic heterocycles. The molecule has 0 saturated heterocycles. The SMILES string of the molecule is CN(C)C(=O)[C@@H](N)Cc1ccc(F)cc1. The van der Waals surface area contributed by atoms with Crippen molar-refractivity contribution < 1.29 is 9.18 Å². The molecule has 1 aromatic rings. The zero-order chi connectivity index (χ0) is 11.4. The minimum absolute atomic E-state index is 0.126. The maximum absolute atomic E-state index is 12.6. The van der Waals surface area contributed by atoms with Crippen LogP contribution in [-0.4, -0.2) is 30.9 Å². The zero-order valence-electron chi connectivity index (χ0n) is 8.90. The number of hydrogen-bond donors (Lipinski definition) is 1. The summed E-state index contributed by atoms with van der Waals surface area (Å²) < 4.78 is 12.6. The molecular formula is C11H15FN2O. The van der Waals surface area contributed by atoms with Gasteiger partial charge in [0.05, 0.1) is 6.04 Å². The lowest BCUT2D eigenvalue weighted by Gasteiger charge is -2.16. The maximum Gasteiger partial charge on any atom is 0.239 e. The molecule has 0 aliphatic carbocycles. The number of carbonyl (C=O) groups excluding carboxylic acids is 1. The Morgan fingerprint density at radius 1 is 1.40 bits per heavy atom. The highest BCUT2D eigenvalue weighted by molar-refractivity contribution is 5.81. The van der Waals surface area contributed by atoms with E-state index >= 15 is 0 Å². The Labute approximate surface area is 88.7 Å². The van der Waals surface area contributed by atoms with E-state index in [1.54, 1.807) is 26.2 Å². The average Bonchev–Trinajstić information content (AvgIpc) is 2.20. The van der Waals surface area contributed by atoms with E-state index in [0.717, 1.165) is 5.56 Å². The number of rotatable bonds is 3. The van der Waals surface area contributed by atoms with E-state index in [2.05, 4.69) is 0 Å². The van der Waals surface area contributed by atoms with Crippen LogP contribution in [0.1, 0.15) is 5.56 Å². The van der Waals surface area contributed by atoms with Crippen LogP contribution in [-0.2, 0) is 11.2 Å². The van der Waals surface area contributed by atoms with Crippen LogP contribution < -0.4 is 5.73 Å². The smallest absolute Gasteiger partial charge is 0.239 e. The van der Waals surface area contributed by atoms with E-state index in [4.69, 9.17) is 5.73 Å². The third-order valence-corrected chi connectivity index (χ3v) is 2.13. The van der Waals surface area contributed by atoms with Gasteiger partial charge in [0, 0.05) is 14.1 Å². The first-order valence-electron chi connectivity index (χ1n) is 4.72. The number of likely N-dealkylation sites (N-methyl/N-ethyl adjacent to an activating group) is 1. The van der Waals surface area contributed by atoms with Crippen molar-refractivity contribution >= 4 is 5.91 Å². The predicted molar refractivity (Wildman–Crippen MR) is 56.8 cm³/mol. The first-order chi connectivity index (χ1) is 7.00. The molecule has 1 amide bonds. The van der Waals surface area contributed by atoms with Crippen LogP contribution in [0, 0.1) is 5.82 Å². The van der Waals surface area contributed by atoms with E-state index in [-0.39, 0.29) is 11.7 Å². The van der Waals surface area contributed by atoms with E-state index in [9.17, 15) is 9.18 Å². The van der Waals surface area contributed by atoms with Crippen molar-refractivity contribution in [2.75, 3.05) is 14.1 Å². The first-order valence-corrected chi connectivity index (χ1v) is 4.72. The molecule has 1 aromatic carbocycles. The summed E-state index contributed by atoms with van der Waals surface area (Å²) in [5.41, 5.74) is 6.56. The van der Waals surface area contributed by atoms with E-state index in [1.165, 1.54) is 17.0 Å².